The highest BCUT2D eigenvalue weighted by Crippen LogP contribution is 2.29. The second kappa shape index (κ2) is 17.1. The molecule has 1 heteroatoms. The Morgan fingerprint density at radius 2 is 0.750 bits per heavy atom. The monoisotopic (exact) mass is 731 g/mol. The van der Waals surface area contributed by atoms with E-state index in [9.17, 15) is 0 Å². The van der Waals surface area contributed by atoms with Gasteiger partial charge in [-0.25, -0.2) is 0 Å². The summed E-state index contributed by atoms with van der Waals surface area (Å²) in [4.78, 5) is 4.75. The first-order valence-electron chi connectivity index (χ1n) is 20.5. The second-order valence-electron chi connectivity index (χ2n) is 17.6. The van der Waals surface area contributed by atoms with Crippen LogP contribution in [-0.4, -0.2) is 4.98 Å². The molecule has 0 fully saturated rings. The Hall–Kier alpha value is -5.53. The minimum Gasteiger partial charge on any atom is -0.256 e. The molecule has 56 heavy (non-hydrogen) atoms. The highest BCUT2D eigenvalue weighted by atomic mass is 14.7. The van der Waals surface area contributed by atoms with Gasteiger partial charge < -0.3 is 0 Å². The lowest BCUT2D eigenvalue weighted by Gasteiger charge is -2.20. The maximum absolute atomic E-state index is 4.75. The molecule has 0 aliphatic carbocycles. The molecule has 0 bridgehead atoms. The molecule has 6 aromatic carbocycles. The summed E-state index contributed by atoms with van der Waals surface area (Å²) in [7, 11) is 0. The molecule has 282 valence electrons. The van der Waals surface area contributed by atoms with Crippen molar-refractivity contribution in [3.63, 3.8) is 0 Å². The summed E-state index contributed by atoms with van der Waals surface area (Å²) in [5, 5.41) is 0. The molecular formula is C55H57N. The Kier molecular flexibility index (Phi) is 11.8. The van der Waals surface area contributed by atoms with Crippen LogP contribution in [0.15, 0.2) is 164 Å². The molecule has 0 aliphatic heterocycles. The Labute approximate surface area is 336 Å². The Bertz CT molecular complexity index is 2270. The summed E-state index contributed by atoms with van der Waals surface area (Å²) in [5.74, 6) is 0. The van der Waals surface area contributed by atoms with E-state index in [-0.39, 0.29) is 10.8 Å². The highest BCUT2D eigenvalue weighted by Gasteiger charge is 2.15. The van der Waals surface area contributed by atoms with Crippen LogP contribution in [0.3, 0.4) is 0 Å². The van der Waals surface area contributed by atoms with Crippen molar-refractivity contribution in [2.24, 2.45) is 0 Å². The van der Waals surface area contributed by atoms with Gasteiger partial charge in [-0.1, -0.05) is 187 Å². The molecule has 1 nitrogen and oxygen atoms in total. The van der Waals surface area contributed by atoms with Gasteiger partial charge in [0.05, 0.1) is 5.69 Å². The van der Waals surface area contributed by atoms with Gasteiger partial charge in [-0.2, -0.15) is 0 Å². The van der Waals surface area contributed by atoms with Crippen molar-refractivity contribution in [3.05, 3.63) is 208 Å². The van der Waals surface area contributed by atoms with E-state index in [0.717, 1.165) is 49.8 Å². The lowest BCUT2D eigenvalue weighted by molar-refractivity contribution is 0.589. The van der Waals surface area contributed by atoms with E-state index in [4.69, 9.17) is 4.98 Å². The van der Waals surface area contributed by atoms with Gasteiger partial charge in [0.25, 0.3) is 0 Å². The van der Waals surface area contributed by atoms with E-state index in [1.54, 1.807) is 0 Å². The molecular weight excluding hydrogens is 675 g/mol. The van der Waals surface area contributed by atoms with E-state index in [0.29, 0.717) is 0 Å². The van der Waals surface area contributed by atoms with Gasteiger partial charge in [-0.05, 0) is 128 Å². The van der Waals surface area contributed by atoms with Gasteiger partial charge in [0.15, 0.2) is 0 Å². The quantitative estimate of drug-likeness (QED) is 0.122. The summed E-state index contributed by atoms with van der Waals surface area (Å²) in [6.45, 7) is 13.8. The van der Waals surface area contributed by atoms with Gasteiger partial charge in [0, 0.05) is 11.8 Å². The van der Waals surface area contributed by atoms with Gasteiger partial charge in [-0.15, -0.1) is 0 Å². The summed E-state index contributed by atoms with van der Waals surface area (Å²) < 4.78 is 0. The summed E-state index contributed by atoms with van der Waals surface area (Å²) in [6.07, 6.45) is 8.15. The Balaban J connectivity index is 1.05. The summed E-state index contributed by atoms with van der Waals surface area (Å²) in [5.41, 5.74) is 18.6. The number of pyridine rings is 1. The predicted molar refractivity (Wildman–Crippen MR) is 239 cm³/mol. The fourth-order valence-electron chi connectivity index (χ4n) is 7.62. The molecule has 0 aliphatic rings. The Morgan fingerprint density at radius 1 is 0.321 bits per heavy atom. The number of aryl methyl sites for hydroxylation is 6. The van der Waals surface area contributed by atoms with E-state index in [1.165, 1.54) is 66.8 Å². The van der Waals surface area contributed by atoms with Crippen molar-refractivity contribution >= 4 is 0 Å². The van der Waals surface area contributed by atoms with Crippen molar-refractivity contribution in [2.45, 2.75) is 90.9 Å². The third-order valence-corrected chi connectivity index (χ3v) is 11.1. The molecule has 0 radical (unpaired) electrons. The molecule has 0 saturated carbocycles. The zero-order valence-electron chi connectivity index (χ0n) is 34.3. The summed E-state index contributed by atoms with van der Waals surface area (Å²) in [6, 6.07) is 58.5. The van der Waals surface area contributed by atoms with E-state index in [2.05, 4.69) is 199 Å². The molecule has 0 atom stereocenters. The molecule has 7 rings (SSSR count). The zero-order chi connectivity index (χ0) is 39.1. The lowest BCUT2D eigenvalue weighted by atomic mass is 9.85. The maximum atomic E-state index is 4.75. The number of benzene rings is 6. The van der Waals surface area contributed by atoms with Gasteiger partial charge in [-0.3, -0.25) is 4.98 Å². The molecule has 0 amide bonds. The molecule has 0 spiro atoms. The second-order valence-corrected chi connectivity index (χ2v) is 17.6. The maximum Gasteiger partial charge on any atom is 0.0708 e. The van der Waals surface area contributed by atoms with Crippen molar-refractivity contribution in [1.29, 1.82) is 0 Å². The first-order chi connectivity index (χ1) is 27.0. The highest BCUT2D eigenvalue weighted by molar-refractivity contribution is 5.73. The molecule has 1 heterocycles. The first kappa shape index (κ1) is 38.7. The van der Waals surface area contributed by atoms with Crippen molar-refractivity contribution in [3.8, 4) is 33.5 Å². The normalized spacial score (nSPS) is 11.8. The molecule has 7 aromatic rings. The third-order valence-electron chi connectivity index (χ3n) is 11.1. The average Bonchev–Trinajstić information content (AvgIpc) is 3.22. The molecule has 0 N–H and O–H groups in total. The van der Waals surface area contributed by atoms with Gasteiger partial charge >= 0.3 is 0 Å². The largest absolute Gasteiger partial charge is 0.256 e. The third kappa shape index (κ3) is 10.2. The van der Waals surface area contributed by atoms with Crippen LogP contribution in [0, 0.1) is 0 Å². The Morgan fingerprint density at radius 3 is 1.25 bits per heavy atom. The topological polar surface area (TPSA) is 12.9 Å². The molecule has 0 unspecified atom stereocenters. The van der Waals surface area contributed by atoms with Crippen molar-refractivity contribution in [2.75, 3.05) is 0 Å². The van der Waals surface area contributed by atoms with Crippen LogP contribution < -0.4 is 0 Å². The van der Waals surface area contributed by atoms with Crippen LogP contribution in [-0.2, 0) is 49.4 Å². The van der Waals surface area contributed by atoms with Gasteiger partial charge in [0.1, 0.15) is 0 Å². The van der Waals surface area contributed by atoms with Crippen LogP contribution in [0.4, 0.5) is 0 Å². The van der Waals surface area contributed by atoms with E-state index < -0.39 is 0 Å². The number of rotatable bonds is 12. The first-order valence-corrected chi connectivity index (χ1v) is 20.5. The van der Waals surface area contributed by atoms with Crippen LogP contribution in [0.25, 0.3) is 33.5 Å². The number of nitrogens with zero attached hydrogens (tertiary/aromatic N) is 1. The number of hydrogen-bond acceptors (Lipinski definition) is 1. The van der Waals surface area contributed by atoms with Crippen LogP contribution in [0.1, 0.15) is 86.1 Å². The van der Waals surface area contributed by atoms with E-state index >= 15 is 0 Å². The fourth-order valence-corrected chi connectivity index (χ4v) is 7.62. The number of aromatic nitrogens is 1. The van der Waals surface area contributed by atoms with Crippen molar-refractivity contribution in [1.82, 2.24) is 4.98 Å². The smallest absolute Gasteiger partial charge is 0.0708 e. The standard InChI is InChI=1S/C55H57N/c1-54(2,3)51-16-10-12-41(37-51)19-22-44-34-43(35-45(36-44)23-20-42-13-11-17-52(38-42)55(4,5)6)21-18-40-24-26-49(27-25-40)53-39-50(32-33-56-53)48-30-28-47(29-31-48)46-14-8-7-9-15-46/h7-17,24-39H,18-23H2,1-6H3. The molecule has 0 saturated heterocycles. The number of hydrogen-bond donors (Lipinski definition) is 0. The van der Waals surface area contributed by atoms with Crippen LogP contribution >= 0.6 is 0 Å². The van der Waals surface area contributed by atoms with Gasteiger partial charge in [0.2, 0.25) is 0 Å². The van der Waals surface area contributed by atoms with Crippen LogP contribution in [0.2, 0.25) is 0 Å². The van der Waals surface area contributed by atoms with Crippen LogP contribution in [0.5, 0.6) is 0 Å². The van der Waals surface area contributed by atoms with Crippen molar-refractivity contribution < 1.29 is 0 Å². The lowest BCUT2D eigenvalue weighted by Crippen LogP contribution is -2.11. The predicted octanol–water partition coefficient (Wildman–Crippen LogP) is 14.0. The minimum absolute atomic E-state index is 0.155. The minimum atomic E-state index is 0.155. The molecule has 1 aromatic heterocycles. The average molecular weight is 732 g/mol. The SMILES string of the molecule is CC(C)(C)c1cccc(CCc2cc(CCc3ccc(-c4cc(-c5ccc(-c6ccccc6)cc5)ccn4)cc3)cc(CCc3cccc(C(C)(C)C)c3)c2)c1. The van der Waals surface area contributed by atoms with E-state index in [1.807, 2.05) is 6.20 Å². The summed E-state index contributed by atoms with van der Waals surface area (Å²) >= 11 is 0. The zero-order valence-corrected chi connectivity index (χ0v) is 34.3. The fraction of sp³-hybridized carbons (Fsp3) is 0.255.